The van der Waals surface area contributed by atoms with Gasteiger partial charge in [-0.1, -0.05) is 41.9 Å². The first-order valence-corrected chi connectivity index (χ1v) is 6.67. The smallest absolute Gasteiger partial charge is 0.261 e. The van der Waals surface area contributed by atoms with Gasteiger partial charge >= 0.3 is 0 Å². The van der Waals surface area contributed by atoms with Gasteiger partial charge in [0.05, 0.1) is 5.02 Å². The molecule has 20 heavy (non-hydrogen) atoms. The number of rotatable bonds is 4. The third-order valence-corrected chi connectivity index (χ3v) is 3.35. The highest BCUT2D eigenvalue weighted by Crippen LogP contribution is 2.11. The highest BCUT2D eigenvalue weighted by molar-refractivity contribution is 6.31. The van der Waals surface area contributed by atoms with Crippen LogP contribution < -0.4 is 10.9 Å². The van der Waals surface area contributed by atoms with Crippen LogP contribution in [0.25, 0.3) is 0 Å². The Morgan fingerprint density at radius 2 is 2.00 bits per heavy atom. The summed E-state index contributed by atoms with van der Waals surface area (Å²) in [5.74, 6) is -0.413. The number of H-pyrrole nitrogens is 1. The molecular formula is C15H15ClN2O2. The lowest BCUT2D eigenvalue weighted by Crippen LogP contribution is -2.31. The van der Waals surface area contributed by atoms with E-state index in [4.69, 9.17) is 11.6 Å². The second-order valence-electron chi connectivity index (χ2n) is 4.48. The van der Waals surface area contributed by atoms with Crippen LogP contribution in [0.1, 0.15) is 21.6 Å². The summed E-state index contributed by atoms with van der Waals surface area (Å²) in [4.78, 5) is 26.2. The molecule has 0 atom stereocenters. The van der Waals surface area contributed by atoms with E-state index in [1.165, 1.54) is 6.07 Å². The Hall–Kier alpha value is -2.07. The molecule has 2 aromatic rings. The van der Waals surface area contributed by atoms with E-state index in [-0.39, 0.29) is 5.56 Å². The van der Waals surface area contributed by atoms with Crippen molar-refractivity contribution in [3.63, 3.8) is 0 Å². The van der Waals surface area contributed by atoms with Crippen molar-refractivity contribution in [1.29, 1.82) is 0 Å². The number of halogens is 1. The fourth-order valence-corrected chi connectivity index (χ4v) is 1.98. The quantitative estimate of drug-likeness (QED) is 0.908. The SMILES string of the molecule is Cc1[nH]c(=O)c(C(=O)NCCc2ccccc2)cc1Cl. The third-order valence-electron chi connectivity index (χ3n) is 2.96. The summed E-state index contributed by atoms with van der Waals surface area (Å²) in [7, 11) is 0. The minimum atomic E-state index is -0.427. The van der Waals surface area contributed by atoms with E-state index in [0.717, 1.165) is 5.56 Å². The lowest BCUT2D eigenvalue weighted by atomic mass is 10.1. The number of benzene rings is 1. The summed E-state index contributed by atoms with van der Waals surface area (Å²) in [5.41, 5.74) is 1.29. The Kier molecular flexibility index (Phi) is 4.58. The molecule has 0 spiro atoms. The molecule has 0 saturated heterocycles. The standard InChI is InChI=1S/C15H15ClN2O2/c1-10-13(16)9-12(15(20)18-10)14(19)17-8-7-11-5-3-2-4-6-11/h2-6,9H,7-8H2,1H3,(H,17,19)(H,18,20). The molecule has 0 aliphatic rings. The van der Waals surface area contributed by atoms with Crippen molar-refractivity contribution < 1.29 is 4.79 Å². The third kappa shape index (κ3) is 3.48. The van der Waals surface area contributed by atoms with Gasteiger partial charge in [-0.2, -0.15) is 0 Å². The maximum Gasteiger partial charge on any atom is 0.261 e. The van der Waals surface area contributed by atoms with Crippen molar-refractivity contribution >= 4 is 17.5 Å². The number of hydrogen-bond donors (Lipinski definition) is 2. The number of aromatic nitrogens is 1. The van der Waals surface area contributed by atoms with Crippen LogP contribution in [0.4, 0.5) is 0 Å². The Bertz CT molecular complexity index is 665. The predicted molar refractivity (Wildman–Crippen MR) is 79.3 cm³/mol. The first-order valence-electron chi connectivity index (χ1n) is 6.29. The molecule has 1 heterocycles. The maximum absolute atomic E-state index is 11.9. The number of carbonyl (C=O) groups excluding carboxylic acids is 1. The summed E-state index contributed by atoms with van der Waals surface area (Å²) in [6, 6.07) is 11.2. The normalized spacial score (nSPS) is 10.3. The first kappa shape index (κ1) is 14.3. The second-order valence-corrected chi connectivity index (χ2v) is 4.88. The Morgan fingerprint density at radius 1 is 1.30 bits per heavy atom. The molecule has 0 aliphatic carbocycles. The molecule has 104 valence electrons. The zero-order valence-corrected chi connectivity index (χ0v) is 11.8. The Labute approximate surface area is 121 Å². The van der Waals surface area contributed by atoms with Crippen molar-refractivity contribution in [3.8, 4) is 0 Å². The zero-order chi connectivity index (χ0) is 14.5. The first-order chi connectivity index (χ1) is 9.58. The van der Waals surface area contributed by atoms with Crippen LogP contribution in [0.15, 0.2) is 41.2 Å². The minimum Gasteiger partial charge on any atom is -0.352 e. The van der Waals surface area contributed by atoms with Gasteiger partial charge in [-0.25, -0.2) is 0 Å². The lowest BCUT2D eigenvalue weighted by Gasteiger charge is -2.06. The van der Waals surface area contributed by atoms with Crippen molar-refractivity contribution in [2.75, 3.05) is 6.54 Å². The van der Waals surface area contributed by atoms with E-state index in [2.05, 4.69) is 10.3 Å². The van der Waals surface area contributed by atoms with Crippen molar-refractivity contribution in [2.45, 2.75) is 13.3 Å². The van der Waals surface area contributed by atoms with Gasteiger partial charge in [-0.05, 0) is 25.0 Å². The molecule has 1 aromatic heterocycles. The summed E-state index contributed by atoms with van der Waals surface area (Å²) >= 11 is 5.91. The zero-order valence-electron chi connectivity index (χ0n) is 11.1. The van der Waals surface area contributed by atoms with Crippen LogP contribution >= 0.6 is 11.6 Å². The van der Waals surface area contributed by atoms with Crippen LogP contribution in [0.5, 0.6) is 0 Å². The molecule has 0 radical (unpaired) electrons. The molecule has 0 fully saturated rings. The summed E-state index contributed by atoms with van der Waals surface area (Å²) in [5, 5.41) is 3.09. The van der Waals surface area contributed by atoms with Gasteiger partial charge in [-0.15, -0.1) is 0 Å². The van der Waals surface area contributed by atoms with Gasteiger partial charge in [0.2, 0.25) is 0 Å². The number of nitrogens with one attached hydrogen (secondary N) is 2. The molecule has 0 saturated carbocycles. The molecule has 1 amide bonds. The van der Waals surface area contributed by atoms with Crippen molar-refractivity contribution in [2.24, 2.45) is 0 Å². The largest absolute Gasteiger partial charge is 0.352 e. The minimum absolute atomic E-state index is 0.0358. The van der Waals surface area contributed by atoms with E-state index >= 15 is 0 Å². The molecule has 0 bridgehead atoms. The molecular weight excluding hydrogens is 276 g/mol. The van der Waals surface area contributed by atoms with Crippen LogP contribution in [0, 0.1) is 6.92 Å². The van der Waals surface area contributed by atoms with Crippen molar-refractivity contribution in [3.05, 3.63) is 68.6 Å². The highest BCUT2D eigenvalue weighted by Gasteiger charge is 2.12. The van der Waals surface area contributed by atoms with Gasteiger partial charge in [0.15, 0.2) is 0 Å². The fourth-order valence-electron chi connectivity index (χ4n) is 1.83. The van der Waals surface area contributed by atoms with E-state index in [0.29, 0.717) is 23.7 Å². The van der Waals surface area contributed by atoms with Crippen LogP contribution in [-0.2, 0) is 6.42 Å². The van der Waals surface area contributed by atoms with Gasteiger partial charge in [0.1, 0.15) is 5.56 Å². The van der Waals surface area contributed by atoms with Gasteiger partial charge in [0.25, 0.3) is 11.5 Å². The molecule has 0 aliphatic heterocycles. The molecule has 5 heteroatoms. The molecule has 2 N–H and O–H groups in total. The van der Waals surface area contributed by atoms with E-state index in [9.17, 15) is 9.59 Å². The number of amides is 1. The van der Waals surface area contributed by atoms with Gasteiger partial charge in [-0.3, -0.25) is 9.59 Å². The monoisotopic (exact) mass is 290 g/mol. The summed E-state index contributed by atoms with van der Waals surface area (Å²) < 4.78 is 0. The maximum atomic E-state index is 11.9. The molecule has 4 nitrogen and oxygen atoms in total. The average molecular weight is 291 g/mol. The Morgan fingerprint density at radius 3 is 2.70 bits per heavy atom. The molecule has 2 rings (SSSR count). The number of carbonyl (C=O) groups is 1. The second kappa shape index (κ2) is 6.39. The van der Waals surface area contributed by atoms with E-state index in [1.54, 1.807) is 6.92 Å². The van der Waals surface area contributed by atoms with Crippen LogP contribution in [0.2, 0.25) is 5.02 Å². The van der Waals surface area contributed by atoms with Crippen LogP contribution in [-0.4, -0.2) is 17.4 Å². The number of pyridine rings is 1. The summed E-state index contributed by atoms with van der Waals surface area (Å²) in [6.45, 7) is 2.15. The lowest BCUT2D eigenvalue weighted by molar-refractivity contribution is 0.0952. The van der Waals surface area contributed by atoms with E-state index < -0.39 is 11.5 Å². The van der Waals surface area contributed by atoms with E-state index in [1.807, 2.05) is 30.3 Å². The van der Waals surface area contributed by atoms with Crippen molar-refractivity contribution in [1.82, 2.24) is 10.3 Å². The van der Waals surface area contributed by atoms with Gasteiger partial charge in [0, 0.05) is 12.2 Å². The number of aryl methyl sites for hydroxylation is 1. The Balaban J connectivity index is 1.99. The van der Waals surface area contributed by atoms with Gasteiger partial charge < -0.3 is 10.3 Å². The highest BCUT2D eigenvalue weighted by atomic mass is 35.5. The molecule has 0 unspecified atom stereocenters. The topological polar surface area (TPSA) is 62.0 Å². The predicted octanol–water partition coefficient (Wildman–Crippen LogP) is 2.31. The van der Waals surface area contributed by atoms with Crippen LogP contribution in [0.3, 0.4) is 0 Å². The number of aromatic amines is 1. The number of hydrogen-bond acceptors (Lipinski definition) is 2. The molecule has 1 aromatic carbocycles. The average Bonchev–Trinajstić information content (AvgIpc) is 2.44. The fraction of sp³-hybridized carbons (Fsp3) is 0.200. The summed E-state index contributed by atoms with van der Waals surface area (Å²) in [6.07, 6.45) is 0.712.